The van der Waals surface area contributed by atoms with Gasteiger partial charge >= 0.3 is 0 Å². The summed E-state index contributed by atoms with van der Waals surface area (Å²) in [4.78, 5) is 28.7. The minimum absolute atomic E-state index is 0.0208. The number of halogens is 1. The summed E-state index contributed by atoms with van der Waals surface area (Å²) >= 11 is 0. The third kappa shape index (κ3) is 4.76. The summed E-state index contributed by atoms with van der Waals surface area (Å²) in [6, 6.07) is 18.1. The molecule has 0 aliphatic carbocycles. The molecule has 3 aromatic carbocycles. The van der Waals surface area contributed by atoms with Crippen LogP contribution in [0.15, 0.2) is 78.5 Å². The van der Waals surface area contributed by atoms with Gasteiger partial charge in [0.05, 0.1) is 18.2 Å². The Morgan fingerprint density at radius 1 is 1.02 bits per heavy atom. The van der Waals surface area contributed by atoms with E-state index in [-0.39, 0.29) is 29.1 Å². The summed E-state index contributed by atoms with van der Waals surface area (Å²) in [5, 5.41) is 12.6. The van der Waals surface area contributed by atoms with Crippen molar-refractivity contribution in [3.05, 3.63) is 107 Å². The van der Waals surface area contributed by atoms with Crippen LogP contribution in [-0.2, 0) is 28.6 Å². The van der Waals surface area contributed by atoms with E-state index in [9.17, 15) is 19.1 Å². The summed E-state index contributed by atoms with van der Waals surface area (Å²) < 4.78 is 21.4. The van der Waals surface area contributed by atoms with E-state index in [1.807, 2.05) is 75.8 Å². The Bertz CT molecular complexity index is 1640. The number of aryl methyl sites for hydroxylation is 1. The summed E-state index contributed by atoms with van der Waals surface area (Å²) in [5.74, 6) is -1.41. The number of nitrogens with zero attached hydrogens (tertiary/aromatic N) is 2. The molecule has 1 aromatic heterocycles. The van der Waals surface area contributed by atoms with Gasteiger partial charge in [-0.3, -0.25) is 9.59 Å². The molecule has 206 valence electrons. The SMILES string of the molecule is CCOc1ccc(/C(O)=C2\C(=O)C(=O)N(Cc3ccc(F)cc3)C2c2cn(C)c3ccccc23)cc1C(C)(C)C. The van der Waals surface area contributed by atoms with Gasteiger partial charge in [-0.25, -0.2) is 4.39 Å². The van der Waals surface area contributed by atoms with E-state index < -0.39 is 17.7 Å². The summed E-state index contributed by atoms with van der Waals surface area (Å²) in [6.45, 7) is 8.62. The molecule has 5 rings (SSSR count). The van der Waals surface area contributed by atoms with Gasteiger partial charge in [0.25, 0.3) is 11.7 Å². The number of ether oxygens (including phenoxy) is 1. The van der Waals surface area contributed by atoms with Crippen molar-refractivity contribution >= 4 is 28.4 Å². The van der Waals surface area contributed by atoms with Crippen LogP contribution in [0.25, 0.3) is 16.7 Å². The molecular formula is C33H33FN2O4. The number of Topliss-reactive ketones (excluding diaryl/α,β-unsaturated/α-hetero) is 1. The number of aliphatic hydroxyl groups is 1. The molecule has 1 amide bonds. The number of hydrogen-bond acceptors (Lipinski definition) is 4. The lowest BCUT2D eigenvalue weighted by Gasteiger charge is -2.26. The Hall–Kier alpha value is -4.39. The lowest BCUT2D eigenvalue weighted by molar-refractivity contribution is -0.140. The molecule has 40 heavy (non-hydrogen) atoms. The average molecular weight is 541 g/mol. The number of ketones is 1. The molecular weight excluding hydrogens is 507 g/mol. The number of carbonyl (C=O) groups is 2. The number of carbonyl (C=O) groups excluding carboxylic acids is 2. The highest BCUT2D eigenvalue weighted by Crippen LogP contribution is 2.44. The Kier molecular flexibility index (Phi) is 7.00. The van der Waals surface area contributed by atoms with Crippen LogP contribution in [0.4, 0.5) is 4.39 Å². The Morgan fingerprint density at radius 3 is 2.40 bits per heavy atom. The average Bonchev–Trinajstić information content (AvgIpc) is 3.38. The zero-order valence-corrected chi connectivity index (χ0v) is 23.4. The summed E-state index contributed by atoms with van der Waals surface area (Å²) in [7, 11) is 1.90. The number of aliphatic hydroxyl groups excluding tert-OH is 1. The highest BCUT2D eigenvalue weighted by Gasteiger charge is 2.47. The van der Waals surface area contributed by atoms with Crippen molar-refractivity contribution in [1.29, 1.82) is 0 Å². The highest BCUT2D eigenvalue weighted by atomic mass is 19.1. The monoisotopic (exact) mass is 540 g/mol. The van der Waals surface area contributed by atoms with Gasteiger partial charge in [0, 0.05) is 47.4 Å². The number of aromatic nitrogens is 1. The predicted octanol–water partition coefficient (Wildman–Crippen LogP) is 6.64. The fraction of sp³-hybridized carbons (Fsp3) is 0.273. The Morgan fingerprint density at radius 2 is 1.73 bits per heavy atom. The quantitative estimate of drug-likeness (QED) is 0.169. The van der Waals surface area contributed by atoms with Gasteiger partial charge in [0.15, 0.2) is 0 Å². The minimum atomic E-state index is -0.846. The van der Waals surface area contributed by atoms with Gasteiger partial charge < -0.3 is 19.3 Å². The van der Waals surface area contributed by atoms with Crippen molar-refractivity contribution in [3.8, 4) is 5.75 Å². The lowest BCUT2D eigenvalue weighted by atomic mass is 9.84. The normalized spacial score (nSPS) is 17.1. The van der Waals surface area contributed by atoms with Crippen LogP contribution in [-0.4, -0.2) is 32.9 Å². The molecule has 0 saturated carbocycles. The van der Waals surface area contributed by atoms with Gasteiger partial charge in [-0.05, 0) is 54.3 Å². The number of likely N-dealkylation sites (tertiary alicyclic amines) is 1. The number of amides is 1. The van der Waals surface area contributed by atoms with Gasteiger partial charge in [-0.2, -0.15) is 0 Å². The number of rotatable bonds is 6. The molecule has 4 aromatic rings. The maximum Gasteiger partial charge on any atom is 0.295 e. The van der Waals surface area contributed by atoms with E-state index in [0.717, 1.165) is 22.0 Å². The van der Waals surface area contributed by atoms with Crippen molar-refractivity contribution in [2.45, 2.75) is 45.7 Å². The van der Waals surface area contributed by atoms with E-state index in [1.54, 1.807) is 24.3 Å². The molecule has 1 N–H and O–H groups in total. The fourth-order valence-corrected chi connectivity index (χ4v) is 5.44. The Labute approximate surface area is 233 Å². The van der Waals surface area contributed by atoms with E-state index in [1.165, 1.54) is 17.0 Å². The van der Waals surface area contributed by atoms with E-state index in [0.29, 0.717) is 23.5 Å². The lowest BCUT2D eigenvalue weighted by Crippen LogP contribution is -2.29. The van der Waals surface area contributed by atoms with Crippen molar-refractivity contribution in [3.63, 3.8) is 0 Å². The molecule has 1 unspecified atom stereocenters. The van der Waals surface area contributed by atoms with Crippen molar-refractivity contribution in [2.75, 3.05) is 6.61 Å². The maximum atomic E-state index is 13.7. The van der Waals surface area contributed by atoms with Crippen LogP contribution >= 0.6 is 0 Å². The van der Waals surface area contributed by atoms with E-state index >= 15 is 0 Å². The number of benzene rings is 3. The third-order valence-electron chi connectivity index (χ3n) is 7.39. The van der Waals surface area contributed by atoms with Crippen LogP contribution in [0.3, 0.4) is 0 Å². The minimum Gasteiger partial charge on any atom is -0.507 e. The molecule has 1 atom stereocenters. The molecule has 0 radical (unpaired) electrons. The number of hydrogen-bond donors (Lipinski definition) is 1. The van der Waals surface area contributed by atoms with Crippen LogP contribution < -0.4 is 4.74 Å². The zero-order chi connectivity index (χ0) is 28.8. The molecule has 7 heteroatoms. The van der Waals surface area contributed by atoms with Gasteiger partial charge in [0.1, 0.15) is 17.3 Å². The highest BCUT2D eigenvalue weighted by molar-refractivity contribution is 6.46. The van der Waals surface area contributed by atoms with Gasteiger partial charge in [-0.15, -0.1) is 0 Å². The van der Waals surface area contributed by atoms with E-state index in [4.69, 9.17) is 4.74 Å². The predicted molar refractivity (Wildman–Crippen MR) is 153 cm³/mol. The second kappa shape index (κ2) is 10.3. The van der Waals surface area contributed by atoms with Crippen LogP contribution in [0, 0.1) is 5.82 Å². The smallest absolute Gasteiger partial charge is 0.295 e. The number of fused-ring (bicyclic) bond motifs is 1. The van der Waals surface area contributed by atoms with Crippen molar-refractivity contribution in [1.82, 2.24) is 9.47 Å². The standard InChI is InChI=1S/C33H33FN2O4/c1-6-40-27-16-13-21(17-25(27)33(2,3)4)30(37)28-29(24-19-35(5)26-10-8-7-9-23(24)26)36(32(39)31(28)38)18-20-11-14-22(34)15-12-20/h7-17,19,29,37H,6,18H2,1-5H3/b30-28+. The molecule has 1 fully saturated rings. The molecule has 2 heterocycles. The van der Waals surface area contributed by atoms with Gasteiger partial charge in [0.2, 0.25) is 0 Å². The fourth-order valence-electron chi connectivity index (χ4n) is 5.44. The topological polar surface area (TPSA) is 71.8 Å². The van der Waals surface area contributed by atoms with Crippen molar-refractivity contribution < 1.29 is 23.8 Å². The summed E-state index contributed by atoms with van der Waals surface area (Å²) in [6.07, 6.45) is 1.89. The van der Waals surface area contributed by atoms with Crippen LogP contribution in [0.5, 0.6) is 5.75 Å². The first-order valence-electron chi connectivity index (χ1n) is 13.4. The third-order valence-corrected chi connectivity index (χ3v) is 7.39. The molecule has 6 nitrogen and oxygen atoms in total. The second-order valence-electron chi connectivity index (χ2n) is 11.2. The first-order chi connectivity index (χ1) is 19.0. The summed E-state index contributed by atoms with van der Waals surface area (Å²) in [5.41, 5.74) is 3.35. The van der Waals surface area contributed by atoms with Crippen LogP contribution in [0.2, 0.25) is 0 Å². The zero-order valence-electron chi connectivity index (χ0n) is 23.4. The largest absolute Gasteiger partial charge is 0.507 e. The second-order valence-corrected chi connectivity index (χ2v) is 11.2. The first-order valence-corrected chi connectivity index (χ1v) is 13.4. The van der Waals surface area contributed by atoms with E-state index in [2.05, 4.69) is 0 Å². The van der Waals surface area contributed by atoms with Gasteiger partial charge in [-0.1, -0.05) is 51.1 Å². The maximum absolute atomic E-state index is 13.7. The molecule has 1 aliphatic heterocycles. The molecule has 0 spiro atoms. The number of para-hydroxylation sites is 1. The molecule has 0 bridgehead atoms. The first kappa shape index (κ1) is 27.2. The van der Waals surface area contributed by atoms with Crippen LogP contribution in [0.1, 0.15) is 56.0 Å². The molecule has 1 saturated heterocycles. The Balaban J connectivity index is 1.72. The van der Waals surface area contributed by atoms with Crippen molar-refractivity contribution in [2.24, 2.45) is 7.05 Å². The molecule has 1 aliphatic rings.